The summed E-state index contributed by atoms with van der Waals surface area (Å²) in [6.45, 7) is -0.400. The Labute approximate surface area is 198 Å². The van der Waals surface area contributed by atoms with Crippen LogP contribution in [0.4, 0.5) is 8.78 Å². The van der Waals surface area contributed by atoms with Gasteiger partial charge in [-0.1, -0.05) is 0 Å². The number of nitrogens with one attached hydrogen (secondary N) is 2. The number of alkyl halides is 2. The maximum Gasteiger partial charge on any atom is 0.388 e. The fraction of sp³-hybridized carbons (Fsp3) is 0.333. The first-order chi connectivity index (χ1) is 17.0. The molecule has 35 heavy (non-hydrogen) atoms. The van der Waals surface area contributed by atoms with Crippen molar-refractivity contribution in [3.8, 4) is 34.1 Å². The highest BCUT2D eigenvalue weighted by molar-refractivity contribution is 6.04. The third-order valence-electron chi connectivity index (χ3n) is 6.25. The van der Waals surface area contributed by atoms with Gasteiger partial charge in [0.05, 0.1) is 29.5 Å². The standard InChI is InChI=1S/C24H22F2N6O3/c1-12-17(23-32(31-12)10-14(11-34-23)29-21(33)13-6-7-13)19-18(15-4-2-8-27-20(15)30-19)16-5-3-9-28-22(16)35-24(25)26/h2-5,8-9,13-14,24H,6-7,10-11H2,1H3,(H,27,30)(H,29,33)/t14-/m0/s1. The van der Waals surface area contributed by atoms with Crippen molar-refractivity contribution in [3.63, 3.8) is 0 Å². The topological polar surface area (TPSA) is 107 Å². The molecule has 180 valence electrons. The molecule has 1 amide bonds. The van der Waals surface area contributed by atoms with Crippen LogP contribution in [0.25, 0.3) is 33.4 Å². The molecule has 0 radical (unpaired) electrons. The molecule has 2 aliphatic rings. The van der Waals surface area contributed by atoms with Gasteiger partial charge in [-0.3, -0.25) is 4.79 Å². The van der Waals surface area contributed by atoms with E-state index in [1.807, 2.05) is 13.0 Å². The van der Waals surface area contributed by atoms with Gasteiger partial charge < -0.3 is 19.8 Å². The van der Waals surface area contributed by atoms with Crippen LogP contribution in [0.15, 0.2) is 36.7 Å². The minimum atomic E-state index is -3.02. The molecule has 1 fully saturated rings. The van der Waals surface area contributed by atoms with Crippen LogP contribution in [0.1, 0.15) is 18.5 Å². The van der Waals surface area contributed by atoms with E-state index in [0.29, 0.717) is 52.8 Å². The van der Waals surface area contributed by atoms with E-state index in [9.17, 15) is 13.6 Å². The molecule has 0 spiro atoms. The van der Waals surface area contributed by atoms with E-state index in [0.717, 1.165) is 18.2 Å². The van der Waals surface area contributed by atoms with Crippen molar-refractivity contribution in [2.24, 2.45) is 5.92 Å². The predicted molar refractivity (Wildman–Crippen MR) is 122 cm³/mol. The molecule has 11 heteroatoms. The molecular formula is C24H22F2N6O3. The fourth-order valence-corrected chi connectivity index (χ4v) is 4.56. The van der Waals surface area contributed by atoms with Crippen LogP contribution in [0.3, 0.4) is 0 Å². The molecule has 1 aliphatic carbocycles. The van der Waals surface area contributed by atoms with Gasteiger partial charge in [-0.05, 0) is 44.0 Å². The van der Waals surface area contributed by atoms with E-state index in [4.69, 9.17) is 9.47 Å². The number of carbonyl (C=O) groups excluding carboxylic acids is 1. The monoisotopic (exact) mass is 480 g/mol. The number of amides is 1. The van der Waals surface area contributed by atoms with Crippen LogP contribution in [-0.4, -0.2) is 49.9 Å². The Morgan fingerprint density at radius 2 is 2.03 bits per heavy atom. The number of halogens is 2. The highest BCUT2D eigenvalue weighted by atomic mass is 19.3. The lowest BCUT2D eigenvalue weighted by Crippen LogP contribution is -2.45. The third kappa shape index (κ3) is 3.86. The number of aromatic nitrogens is 5. The Morgan fingerprint density at radius 3 is 2.83 bits per heavy atom. The van der Waals surface area contributed by atoms with Crippen LogP contribution >= 0.6 is 0 Å². The van der Waals surface area contributed by atoms with Crippen LogP contribution in [-0.2, 0) is 11.3 Å². The van der Waals surface area contributed by atoms with Gasteiger partial charge in [-0.2, -0.15) is 13.9 Å². The number of rotatable bonds is 6. The molecule has 2 N–H and O–H groups in total. The first-order valence-corrected chi connectivity index (χ1v) is 11.4. The second kappa shape index (κ2) is 8.33. The Morgan fingerprint density at radius 1 is 1.23 bits per heavy atom. The lowest BCUT2D eigenvalue weighted by atomic mass is 9.99. The first kappa shape index (κ1) is 21.5. The second-order valence-corrected chi connectivity index (χ2v) is 8.75. The highest BCUT2D eigenvalue weighted by Crippen LogP contribution is 2.45. The largest absolute Gasteiger partial charge is 0.475 e. The molecule has 1 saturated carbocycles. The van der Waals surface area contributed by atoms with Crippen LogP contribution in [0.5, 0.6) is 11.8 Å². The van der Waals surface area contributed by atoms with Gasteiger partial charge in [-0.25, -0.2) is 14.6 Å². The van der Waals surface area contributed by atoms with E-state index >= 15 is 0 Å². The number of aryl methyl sites for hydroxylation is 1. The number of fused-ring (bicyclic) bond motifs is 2. The zero-order chi connectivity index (χ0) is 24.1. The second-order valence-electron chi connectivity index (χ2n) is 8.75. The van der Waals surface area contributed by atoms with Gasteiger partial charge in [-0.15, -0.1) is 0 Å². The summed E-state index contributed by atoms with van der Waals surface area (Å²) < 4.78 is 38.9. The summed E-state index contributed by atoms with van der Waals surface area (Å²) in [5, 5.41) is 8.41. The van der Waals surface area contributed by atoms with Crippen LogP contribution in [0.2, 0.25) is 0 Å². The third-order valence-corrected chi connectivity index (χ3v) is 6.25. The van der Waals surface area contributed by atoms with Gasteiger partial charge in [0.2, 0.25) is 17.7 Å². The smallest absolute Gasteiger partial charge is 0.388 e. The minimum Gasteiger partial charge on any atom is -0.475 e. The van der Waals surface area contributed by atoms with E-state index in [1.165, 1.54) is 6.20 Å². The lowest BCUT2D eigenvalue weighted by molar-refractivity contribution is -0.123. The minimum absolute atomic E-state index is 0.0540. The summed E-state index contributed by atoms with van der Waals surface area (Å²) >= 11 is 0. The summed E-state index contributed by atoms with van der Waals surface area (Å²) in [6, 6.07) is 6.79. The number of nitrogens with zero attached hydrogens (tertiary/aromatic N) is 4. The summed E-state index contributed by atoms with van der Waals surface area (Å²) in [7, 11) is 0. The maximum absolute atomic E-state index is 13.2. The summed E-state index contributed by atoms with van der Waals surface area (Å²) in [6.07, 6.45) is 4.91. The SMILES string of the molecule is Cc1nn2c(c1-c1[nH]c3ncccc3c1-c1cccnc1OC(F)F)OC[C@@H](NC(=O)C1CC1)C2. The number of pyridine rings is 2. The van der Waals surface area contributed by atoms with Crippen molar-refractivity contribution in [2.75, 3.05) is 6.61 Å². The van der Waals surface area contributed by atoms with E-state index in [2.05, 4.69) is 25.4 Å². The Hall–Kier alpha value is -4.02. The zero-order valence-corrected chi connectivity index (χ0v) is 18.8. The number of hydrogen-bond acceptors (Lipinski definition) is 6. The van der Waals surface area contributed by atoms with Crippen molar-refractivity contribution >= 4 is 16.9 Å². The zero-order valence-electron chi connectivity index (χ0n) is 18.8. The molecule has 5 heterocycles. The number of carbonyl (C=O) groups is 1. The van der Waals surface area contributed by atoms with Gasteiger partial charge in [0.25, 0.3) is 0 Å². The van der Waals surface area contributed by atoms with Crippen LogP contribution < -0.4 is 14.8 Å². The van der Waals surface area contributed by atoms with Crippen molar-refractivity contribution in [1.29, 1.82) is 0 Å². The maximum atomic E-state index is 13.2. The lowest BCUT2D eigenvalue weighted by Gasteiger charge is -2.25. The molecule has 0 bridgehead atoms. The fourth-order valence-electron chi connectivity index (χ4n) is 4.56. The van der Waals surface area contributed by atoms with Crippen molar-refractivity contribution < 1.29 is 23.0 Å². The summed E-state index contributed by atoms with van der Waals surface area (Å²) in [5.74, 6) is 0.513. The summed E-state index contributed by atoms with van der Waals surface area (Å²) in [4.78, 5) is 24.0. The van der Waals surface area contributed by atoms with Crippen molar-refractivity contribution in [2.45, 2.75) is 39.0 Å². The molecular weight excluding hydrogens is 458 g/mol. The van der Waals surface area contributed by atoms with Crippen molar-refractivity contribution in [1.82, 2.24) is 30.0 Å². The molecule has 0 saturated heterocycles. The average Bonchev–Trinajstić information content (AvgIpc) is 3.55. The Balaban J connectivity index is 1.46. The quantitative estimate of drug-likeness (QED) is 0.436. The number of aromatic amines is 1. The number of H-pyrrole nitrogens is 1. The molecule has 4 aromatic rings. The number of ether oxygens (including phenoxy) is 2. The molecule has 6 rings (SSSR count). The molecule has 1 atom stereocenters. The summed E-state index contributed by atoms with van der Waals surface area (Å²) in [5.41, 5.74) is 3.58. The number of hydrogen-bond donors (Lipinski definition) is 2. The van der Waals surface area contributed by atoms with E-state index < -0.39 is 6.61 Å². The van der Waals surface area contributed by atoms with Gasteiger partial charge in [0, 0.05) is 34.8 Å². The van der Waals surface area contributed by atoms with Crippen LogP contribution in [0, 0.1) is 12.8 Å². The molecule has 9 nitrogen and oxygen atoms in total. The molecule has 1 aliphatic heterocycles. The predicted octanol–water partition coefficient (Wildman–Crippen LogP) is 3.69. The normalized spacial score (nSPS) is 17.3. The highest BCUT2D eigenvalue weighted by Gasteiger charge is 2.34. The molecule has 0 unspecified atom stereocenters. The first-order valence-electron chi connectivity index (χ1n) is 11.4. The Kier molecular flexibility index (Phi) is 5.12. The molecule has 0 aromatic carbocycles. The Bertz CT molecular complexity index is 1430. The van der Waals surface area contributed by atoms with Gasteiger partial charge >= 0.3 is 6.61 Å². The average molecular weight is 480 g/mol. The van der Waals surface area contributed by atoms with E-state index in [-0.39, 0.29) is 23.7 Å². The molecule has 4 aromatic heterocycles. The van der Waals surface area contributed by atoms with Crippen molar-refractivity contribution in [3.05, 3.63) is 42.4 Å². The van der Waals surface area contributed by atoms with Gasteiger partial charge in [0.15, 0.2) is 0 Å². The van der Waals surface area contributed by atoms with E-state index in [1.54, 1.807) is 29.1 Å². The van der Waals surface area contributed by atoms with Gasteiger partial charge in [0.1, 0.15) is 12.3 Å².